The van der Waals surface area contributed by atoms with Crippen molar-refractivity contribution in [1.29, 1.82) is 0 Å². The first kappa shape index (κ1) is 9.56. The Hall–Kier alpha value is -0.440. The zero-order chi connectivity index (χ0) is 8.15. The fraction of sp³-hybridized carbons (Fsp3) is 0.714. The Morgan fingerprint density at radius 1 is 1.60 bits per heavy atom. The van der Waals surface area contributed by atoms with Crippen molar-refractivity contribution < 1.29 is 8.78 Å². The number of halogens is 2. The molecule has 0 saturated heterocycles. The van der Waals surface area contributed by atoms with Gasteiger partial charge in [0.2, 0.25) is 0 Å². The molecule has 60 valence electrons. The molecular formula is C7H13F2N. The summed E-state index contributed by atoms with van der Waals surface area (Å²) in [5, 5.41) is 2.52. The molecule has 0 aliphatic rings. The summed E-state index contributed by atoms with van der Waals surface area (Å²) in [5.41, 5.74) is 0.777. The lowest BCUT2D eigenvalue weighted by molar-refractivity contribution is 0.102. The molecule has 0 rings (SSSR count). The fourth-order valence-electron chi connectivity index (χ4n) is 0.693. The van der Waals surface area contributed by atoms with Crippen LogP contribution in [0, 0.1) is 0 Å². The molecule has 0 fully saturated rings. The molecule has 0 heterocycles. The van der Waals surface area contributed by atoms with Gasteiger partial charge in [-0.05, 0) is 20.4 Å². The van der Waals surface area contributed by atoms with Crippen LogP contribution in [0.1, 0.15) is 13.3 Å². The second-order valence-corrected chi connectivity index (χ2v) is 2.39. The Morgan fingerprint density at radius 2 is 2.10 bits per heavy atom. The van der Waals surface area contributed by atoms with E-state index in [1.54, 1.807) is 6.92 Å². The molecule has 0 aromatic heterocycles. The summed E-state index contributed by atoms with van der Waals surface area (Å²) in [6.45, 7) is 5.29. The summed E-state index contributed by atoms with van der Waals surface area (Å²) in [6, 6.07) is -0.738. The highest BCUT2D eigenvalue weighted by Gasteiger charge is 2.17. The predicted octanol–water partition coefficient (Wildman–Crippen LogP) is 1.81. The van der Waals surface area contributed by atoms with Crippen LogP contribution in [0.2, 0.25) is 0 Å². The highest BCUT2D eigenvalue weighted by molar-refractivity contribution is 4.93. The summed E-state index contributed by atoms with van der Waals surface area (Å²) in [5.74, 6) is 0. The minimum absolute atomic E-state index is 0.341. The summed E-state index contributed by atoms with van der Waals surface area (Å²) < 4.78 is 23.9. The van der Waals surface area contributed by atoms with E-state index in [4.69, 9.17) is 0 Å². The van der Waals surface area contributed by atoms with Gasteiger partial charge in [0.15, 0.2) is 0 Å². The van der Waals surface area contributed by atoms with Crippen molar-refractivity contribution in [2.45, 2.75) is 25.8 Å². The Labute approximate surface area is 60.1 Å². The summed E-state index contributed by atoms with van der Waals surface area (Å²) in [7, 11) is 1.53. The third-order valence-electron chi connectivity index (χ3n) is 1.24. The number of alkyl halides is 2. The number of rotatable bonds is 4. The van der Waals surface area contributed by atoms with Gasteiger partial charge in [-0.15, -0.1) is 6.58 Å². The van der Waals surface area contributed by atoms with Gasteiger partial charge < -0.3 is 5.32 Å². The zero-order valence-electron chi connectivity index (χ0n) is 6.32. The maximum atomic E-state index is 12.0. The van der Waals surface area contributed by atoms with Crippen molar-refractivity contribution in [2.24, 2.45) is 0 Å². The molecule has 0 aliphatic carbocycles. The van der Waals surface area contributed by atoms with Gasteiger partial charge in [-0.25, -0.2) is 8.78 Å². The molecule has 0 aromatic carbocycles. The van der Waals surface area contributed by atoms with Crippen LogP contribution in [0.25, 0.3) is 0 Å². The van der Waals surface area contributed by atoms with Gasteiger partial charge in [0.25, 0.3) is 6.43 Å². The second-order valence-electron chi connectivity index (χ2n) is 2.39. The van der Waals surface area contributed by atoms with Crippen LogP contribution in [0.5, 0.6) is 0 Å². The van der Waals surface area contributed by atoms with Gasteiger partial charge in [-0.1, -0.05) is 5.57 Å². The van der Waals surface area contributed by atoms with Crippen LogP contribution in [0.15, 0.2) is 12.2 Å². The Morgan fingerprint density at radius 3 is 2.20 bits per heavy atom. The largest absolute Gasteiger partial charge is 0.312 e. The van der Waals surface area contributed by atoms with Gasteiger partial charge in [-0.2, -0.15) is 0 Å². The molecule has 10 heavy (non-hydrogen) atoms. The fourth-order valence-corrected chi connectivity index (χ4v) is 0.693. The average molecular weight is 149 g/mol. The van der Waals surface area contributed by atoms with E-state index in [-0.39, 0.29) is 0 Å². The molecule has 1 nitrogen and oxygen atoms in total. The topological polar surface area (TPSA) is 12.0 Å². The van der Waals surface area contributed by atoms with Crippen LogP contribution in [0.4, 0.5) is 8.78 Å². The second kappa shape index (κ2) is 4.39. The lowest BCUT2D eigenvalue weighted by Gasteiger charge is -2.13. The highest BCUT2D eigenvalue weighted by Crippen LogP contribution is 2.09. The zero-order valence-corrected chi connectivity index (χ0v) is 6.32. The normalized spacial score (nSPS) is 13.7. The minimum Gasteiger partial charge on any atom is -0.312 e. The minimum atomic E-state index is -2.30. The van der Waals surface area contributed by atoms with Crippen LogP contribution in [-0.4, -0.2) is 19.5 Å². The molecular weight excluding hydrogens is 136 g/mol. The molecule has 3 heteroatoms. The molecule has 0 aliphatic heterocycles. The Balaban J connectivity index is 3.71. The van der Waals surface area contributed by atoms with E-state index < -0.39 is 12.5 Å². The van der Waals surface area contributed by atoms with Crippen LogP contribution in [0.3, 0.4) is 0 Å². The van der Waals surface area contributed by atoms with Crippen LogP contribution in [-0.2, 0) is 0 Å². The number of nitrogens with one attached hydrogen (secondary N) is 1. The molecule has 1 N–H and O–H groups in total. The number of hydrogen-bond acceptors (Lipinski definition) is 1. The van der Waals surface area contributed by atoms with Gasteiger partial charge in [0.1, 0.15) is 0 Å². The SMILES string of the molecule is C=C(C)CC(NC)C(F)F. The molecule has 1 unspecified atom stereocenters. The molecule has 0 aromatic rings. The lowest BCUT2D eigenvalue weighted by atomic mass is 10.1. The standard InChI is InChI=1S/C7H13F2N/c1-5(2)4-6(10-3)7(8)9/h6-7,10H,1,4H2,2-3H3. The molecule has 0 radical (unpaired) electrons. The van der Waals surface area contributed by atoms with E-state index in [9.17, 15) is 8.78 Å². The Bertz CT molecular complexity index is 112. The highest BCUT2D eigenvalue weighted by atomic mass is 19.3. The molecule has 1 atom stereocenters. The van der Waals surface area contributed by atoms with Crippen molar-refractivity contribution in [3.05, 3.63) is 12.2 Å². The van der Waals surface area contributed by atoms with E-state index in [0.29, 0.717) is 6.42 Å². The smallest absolute Gasteiger partial charge is 0.253 e. The third-order valence-corrected chi connectivity index (χ3v) is 1.24. The third kappa shape index (κ3) is 3.56. The van der Waals surface area contributed by atoms with Crippen LogP contribution >= 0.6 is 0 Å². The van der Waals surface area contributed by atoms with E-state index in [1.807, 2.05) is 0 Å². The summed E-state index contributed by atoms with van der Waals surface area (Å²) >= 11 is 0. The maximum Gasteiger partial charge on any atom is 0.253 e. The van der Waals surface area contributed by atoms with Gasteiger partial charge in [0, 0.05) is 0 Å². The van der Waals surface area contributed by atoms with E-state index in [1.165, 1.54) is 7.05 Å². The van der Waals surface area contributed by atoms with Gasteiger partial charge in [0.05, 0.1) is 6.04 Å². The monoisotopic (exact) mass is 149 g/mol. The lowest BCUT2D eigenvalue weighted by Crippen LogP contribution is -2.32. The van der Waals surface area contributed by atoms with Crippen molar-refractivity contribution in [3.63, 3.8) is 0 Å². The van der Waals surface area contributed by atoms with Crippen molar-refractivity contribution in [3.8, 4) is 0 Å². The van der Waals surface area contributed by atoms with Crippen molar-refractivity contribution >= 4 is 0 Å². The summed E-state index contributed by atoms with van der Waals surface area (Å²) in [4.78, 5) is 0. The predicted molar refractivity (Wildman–Crippen MR) is 38.3 cm³/mol. The van der Waals surface area contributed by atoms with Crippen LogP contribution < -0.4 is 5.32 Å². The number of hydrogen-bond donors (Lipinski definition) is 1. The first-order chi connectivity index (χ1) is 4.57. The van der Waals surface area contributed by atoms with Crippen molar-refractivity contribution in [1.82, 2.24) is 5.32 Å². The van der Waals surface area contributed by atoms with Crippen molar-refractivity contribution in [2.75, 3.05) is 7.05 Å². The molecule has 0 spiro atoms. The maximum absolute atomic E-state index is 12.0. The molecule has 0 bridgehead atoms. The Kier molecular flexibility index (Phi) is 4.19. The summed E-state index contributed by atoms with van der Waals surface area (Å²) in [6.07, 6.45) is -1.96. The van der Waals surface area contributed by atoms with Gasteiger partial charge in [-0.3, -0.25) is 0 Å². The average Bonchev–Trinajstić information content (AvgIpc) is 1.81. The molecule has 0 saturated carbocycles. The van der Waals surface area contributed by atoms with Gasteiger partial charge >= 0.3 is 0 Å². The van der Waals surface area contributed by atoms with E-state index >= 15 is 0 Å². The van der Waals surface area contributed by atoms with E-state index in [2.05, 4.69) is 11.9 Å². The molecule has 0 amide bonds. The first-order valence-corrected chi connectivity index (χ1v) is 3.17. The quantitative estimate of drug-likeness (QED) is 0.601. The van der Waals surface area contributed by atoms with E-state index in [0.717, 1.165) is 5.57 Å². The first-order valence-electron chi connectivity index (χ1n) is 3.17.